The molecule has 2 atom stereocenters. The molecule has 0 saturated carbocycles. The van der Waals surface area contributed by atoms with Crippen LogP contribution in [0.25, 0.3) is 16.7 Å². The number of hydrogen-bond acceptors (Lipinski definition) is 8. The largest absolute Gasteiger partial charge is 0.470 e. The zero-order chi connectivity index (χ0) is 23.8. The third-order valence-corrected chi connectivity index (χ3v) is 7.13. The summed E-state index contributed by atoms with van der Waals surface area (Å²) in [6.45, 7) is 2.50. The average molecular weight is 495 g/mol. The van der Waals surface area contributed by atoms with Crippen molar-refractivity contribution in [3.63, 3.8) is 0 Å². The standard InChI is InChI=1S/C24H26N6O4S/c1-29-11-17(10-25-29)30-5-2-20-22(30)24(34-18-4-7-33-13-18)28-21(27-20)9-19-8-15(14-35-19)23(31)26-16-3-6-32-12-16/h2,5,8,10-11,14,16,18H,3-4,6-7,9,12-13H2,1H3,(H,26,31)/t16-,18-/m0/s1. The second kappa shape index (κ2) is 9.40. The molecule has 0 radical (unpaired) electrons. The summed E-state index contributed by atoms with van der Waals surface area (Å²) in [6, 6.07) is 3.96. The summed E-state index contributed by atoms with van der Waals surface area (Å²) in [7, 11) is 1.88. The zero-order valence-electron chi connectivity index (χ0n) is 19.3. The van der Waals surface area contributed by atoms with E-state index >= 15 is 0 Å². The molecular weight excluding hydrogens is 468 g/mol. The average Bonchev–Trinajstić information content (AvgIpc) is 3.65. The van der Waals surface area contributed by atoms with Gasteiger partial charge in [-0.05, 0) is 18.6 Å². The van der Waals surface area contributed by atoms with Crippen molar-refractivity contribution in [3.05, 3.63) is 52.4 Å². The number of thiophene rings is 1. The first-order valence-corrected chi connectivity index (χ1v) is 12.6. The summed E-state index contributed by atoms with van der Waals surface area (Å²) in [4.78, 5) is 23.2. The van der Waals surface area contributed by atoms with Gasteiger partial charge in [0.15, 0.2) is 0 Å². The minimum Gasteiger partial charge on any atom is -0.470 e. The Balaban J connectivity index is 1.28. The van der Waals surface area contributed by atoms with Crippen LogP contribution < -0.4 is 10.1 Å². The van der Waals surface area contributed by atoms with Crippen molar-refractivity contribution < 1.29 is 19.0 Å². The summed E-state index contributed by atoms with van der Waals surface area (Å²) in [6.07, 6.45) is 7.83. The van der Waals surface area contributed by atoms with Crippen molar-refractivity contribution in [2.75, 3.05) is 26.4 Å². The minimum atomic E-state index is -0.0711. The molecule has 0 unspecified atom stereocenters. The molecule has 2 aliphatic rings. The number of amides is 1. The number of carbonyl (C=O) groups is 1. The molecule has 0 spiro atoms. The zero-order valence-corrected chi connectivity index (χ0v) is 20.2. The fraction of sp³-hybridized carbons (Fsp3) is 0.417. The fourth-order valence-corrected chi connectivity index (χ4v) is 5.26. The maximum Gasteiger partial charge on any atom is 0.252 e. The normalized spacial score (nSPS) is 20.0. The second-order valence-corrected chi connectivity index (χ2v) is 9.85. The van der Waals surface area contributed by atoms with Gasteiger partial charge in [-0.2, -0.15) is 10.1 Å². The van der Waals surface area contributed by atoms with E-state index in [0.29, 0.717) is 50.1 Å². The van der Waals surface area contributed by atoms with E-state index in [1.165, 1.54) is 11.3 Å². The molecule has 2 aliphatic heterocycles. The predicted octanol–water partition coefficient (Wildman–Crippen LogP) is 2.49. The summed E-state index contributed by atoms with van der Waals surface area (Å²) in [5.41, 5.74) is 3.16. The van der Waals surface area contributed by atoms with Crippen LogP contribution in [-0.2, 0) is 22.9 Å². The van der Waals surface area contributed by atoms with Gasteiger partial charge in [-0.15, -0.1) is 11.3 Å². The molecule has 10 nitrogen and oxygen atoms in total. The summed E-state index contributed by atoms with van der Waals surface area (Å²) < 4.78 is 20.9. The number of aryl methyl sites for hydroxylation is 1. The number of nitrogens with zero attached hydrogens (tertiary/aromatic N) is 5. The van der Waals surface area contributed by atoms with Gasteiger partial charge in [0.05, 0.1) is 48.8 Å². The van der Waals surface area contributed by atoms with E-state index in [1.54, 1.807) is 10.9 Å². The highest BCUT2D eigenvalue weighted by atomic mass is 32.1. The number of aromatic nitrogens is 5. The van der Waals surface area contributed by atoms with Crippen LogP contribution in [0.5, 0.6) is 5.88 Å². The molecule has 2 fully saturated rings. The second-order valence-electron chi connectivity index (χ2n) is 8.85. The molecule has 0 aliphatic carbocycles. The van der Waals surface area contributed by atoms with Crippen LogP contribution >= 0.6 is 11.3 Å². The van der Waals surface area contributed by atoms with E-state index in [1.807, 2.05) is 41.5 Å². The highest BCUT2D eigenvalue weighted by molar-refractivity contribution is 7.10. The predicted molar refractivity (Wildman–Crippen MR) is 129 cm³/mol. The lowest BCUT2D eigenvalue weighted by Gasteiger charge is -2.14. The smallest absolute Gasteiger partial charge is 0.252 e. The molecule has 35 heavy (non-hydrogen) atoms. The third kappa shape index (κ3) is 4.66. The van der Waals surface area contributed by atoms with E-state index in [9.17, 15) is 4.79 Å². The molecule has 0 aromatic carbocycles. The van der Waals surface area contributed by atoms with Gasteiger partial charge in [-0.1, -0.05) is 0 Å². The highest BCUT2D eigenvalue weighted by Gasteiger charge is 2.23. The Labute approximate surface area is 205 Å². The van der Waals surface area contributed by atoms with Crippen molar-refractivity contribution in [2.45, 2.75) is 31.4 Å². The van der Waals surface area contributed by atoms with E-state index in [-0.39, 0.29) is 18.1 Å². The van der Waals surface area contributed by atoms with Gasteiger partial charge in [-0.25, -0.2) is 4.98 Å². The SMILES string of the molecule is Cn1cc(-n2ccc3nc(Cc4cc(C(=O)N[C@H]5CCOC5)cs4)nc(O[C@H]4CCOC4)c32)cn1. The van der Waals surface area contributed by atoms with Crippen molar-refractivity contribution in [1.82, 2.24) is 29.6 Å². The Morgan fingerprint density at radius 1 is 1.26 bits per heavy atom. The van der Waals surface area contributed by atoms with Crippen molar-refractivity contribution >= 4 is 28.3 Å². The fourth-order valence-electron chi connectivity index (χ4n) is 4.40. The maximum absolute atomic E-state index is 12.6. The van der Waals surface area contributed by atoms with Crippen molar-refractivity contribution in [3.8, 4) is 11.6 Å². The van der Waals surface area contributed by atoms with Gasteiger partial charge in [0, 0.05) is 49.1 Å². The number of hydrogen-bond donors (Lipinski definition) is 1. The summed E-state index contributed by atoms with van der Waals surface area (Å²) in [5.74, 6) is 1.11. The summed E-state index contributed by atoms with van der Waals surface area (Å²) >= 11 is 1.53. The Bertz CT molecular complexity index is 1350. The molecule has 6 rings (SSSR count). The summed E-state index contributed by atoms with van der Waals surface area (Å²) in [5, 5.41) is 9.21. The number of nitrogens with one attached hydrogen (secondary N) is 1. The van der Waals surface area contributed by atoms with Gasteiger partial charge >= 0.3 is 0 Å². The van der Waals surface area contributed by atoms with Gasteiger partial charge in [0.1, 0.15) is 17.4 Å². The van der Waals surface area contributed by atoms with E-state index in [2.05, 4.69) is 10.4 Å². The van der Waals surface area contributed by atoms with Gasteiger partial charge in [0.2, 0.25) is 5.88 Å². The van der Waals surface area contributed by atoms with Crippen LogP contribution in [0.3, 0.4) is 0 Å². The topological polar surface area (TPSA) is 105 Å². The number of ether oxygens (including phenoxy) is 3. The molecule has 6 heterocycles. The van der Waals surface area contributed by atoms with Crippen LogP contribution in [0.1, 0.15) is 33.9 Å². The van der Waals surface area contributed by atoms with Crippen LogP contribution in [0.4, 0.5) is 0 Å². The maximum atomic E-state index is 12.6. The lowest BCUT2D eigenvalue weighted by molar-refractivity contribution is 0.0930. The monoisotopic (exact) mass is 494 g/mol. The molecular formula is C24H26N6O4S. The van der Waals surface area contributed by atoms with E-state index in [0.717, 1.165) is 34.4 Å². The van der Waals surface area contributed by atoms with Gasteiger partial charge in [0.25, 0.3) is 5.91 Å². The Morgan fingerprint density at radius 3 is 2.91 bits per heavy atom. The van der Waals surface area contributed by atoms with E-state index < -0.39 is 0 Å². The van der Waals surface area contributed by atoms with Crippen LogP contribution in [0.2, 0.25) is 0 Å². The molecule has 1 amide bonds. The van der Waals surface area contributed by atoms with Crippen LogP contribution in [0.15, 0.2) is 36.1 Å². The number of carbonyl (C=O) groups excluding carboxylic acids is 1. The Morgan fingerprint density at radius 2 is 2.14 bits per heavy atom. The van der Waals surface area contributed by atoms with Gasteiger partial charge in [-0.3, -0.25) is 9.48 Å². The molecule has 182 valence electrons. The molecule has 1 N–H and O–H groups in total. The molecule has 4 aromatic heterocycles. The molecule has 11 heteroatoms. The lowest BCUT2D eigenvalue weighted by Crippen LogP contribution is -2.34. The number of fused-ring (bicyclic) bond motifs is 1. The van der Waals surface area contributed by atoms with E-state index in [4.69, 9.17) is 24.2 Å². The van der Waals surface area contributed by atoms with Gasteiger partial charge < -0.3 is 24.1 Å². The third-order valence-electron chi connectivity index (χ3n) is 6.20. The van der Waals surface area contributed by atoms with Crippen molar-refractivity contribution in [1.29, 1.82) is 0 Å². The quantitative estimate of drug-likeness (QED) is 0.421. The first kappa shape index (κ1) is 22.2. The Hall–Kier alpha value is -3.28. The highest BCUT2D eigenvalue weighted by Crippen LogP contribution is 2.30. The Kier molecular flexibility index (Phi) is 5.96. The molecule has 0 bridgehead atoms. The van der Waals surface area contributed by atoms with Crippen LogP contribution in [-0.4, -0.2) is 68.8 Å². The minimum absolute atomic E-state index is 0.0465. The lowest BCUT2D eigenvalue weighted by atomic mass is 10.2. The first-order chi connectivity index (χ1) is 17.1. The molecule has 4 aromatic rings. The van der Waals surface area contributed by atoms with Crippen molar-refractivity contribution in [2.24, 2.45) is 7.05 Å². The van der Waals surface area contributed by atoms with Crippen LogP contribution in [0, 0.1) is 0 Å². The number of rotatable bonds is 7. The molecule has 2 saturated heterocycles. The first-order valence-electron chi connectivity index (χ1n) is 11.7.